The minimum absolute atomic E-state index is 0.138. The van der Waals surface area contributed by atoms with Gasteiger partial charge in [0, 0.05) is 4.47 Å². The Bertz CT molecular complexity index is 1280. The van der Waals surface area contributed by atoms with Gasteiger partial charge in [0.1, 0.15) is 11.0 Å². The number of hydrogen-bond donors (Lipinski definition) is 0. The van der Waals surface area contributed by atoms with Gasteiger partial charge in [-0.2, -0.15) is 0 Å². The highest BCUT2D eigenvalue weighted by Crippen LogP contribution is 2.38. The van der Waals surface area contributed by atoms with Crippen LogP contribution < -0.4 is 14.2 Å². The number of hydrogen-bond acceptors (Lipinski definition) is 6. The van der Waals surface area contributed by atoms with Crippen molar-refractivity contribution in [2.45, 2.75) is 0 Å². The molecule has 0 aliphatic carbocycles. The summed E-state index contributed by atoms with van der Waals surface area (Å²) in [7, 11) is 0. The number of fused-ring (bicyclic) bond motifs is 3. The number of nitrogens with zero attached hydrogens (tertiary/aromatic N) is 2. The van der Waals surface area contributed by atoms with E-state index in [9.17, 15) is 4.79 Å². The van der Waals surface area contributed by atoms with Crippen molar-refractivity contribution in [2.24, 2.45) is 0 Å². The standard InChI is InChI=1S/C20H10Br2N2O4/c21-11-8-12(22)19(18-17(11)23-13-3-1-2-4-14(13)24-18)28-20(25)10-5-6-15-16(7-10)27-9-26-15/h1-8H,9H2. The number of para-hydroxylation sites is 2. The Morgan fingerprint density at radius 2 is 1.61 bits per heavy atom. The molecule has 28 heavy (non-hydrogen) atoms. The summed E-state index contributed by atoms with van der Waals surface area (Å²) < 4.78 is 17.6. The minimum atomic E-state index is -0.530. The highest BCUT2D eigenvalue weighted by molar-refractivity contribution is 9.11. The van der Waals surface area contributed by atoms with Crippen molar-refractivity contribution in [1.29, 1.82) is 0 Å². The van der Waals surface area contributed by atoms with Crippen LogP contribution in [0, 0.1) is 0 Å². The van der Waals surface area contributed by atoms with Gasteiger partial charge in [-0.3, -0.25) is 0 Å². The largest absolute Gasteiger partial charge is 0.454 e. The molecule has 0 saturated carbocycles. The third kappa shape index (κ3) is 2.89. The Morgan fingerprint density at radius 3 is 2.39 bits per heavy atom. The van der Waals surface area contributed by atoms with E-state index in [-0.39, 0.29) is 6.79 Å². The fourth-order valence-electron chi connectivity index (χ4n) is 2.96. The fraction of sp³-hybridized carbons (Fsp3) is 0.0500. The first kappa shape index (κ1) is 17.4. The summed E-state index contributed by atoms with van der Waals surface area (Å²) >= 11 is 6.97. The van der Waals surface area contributed by atoms with E-state index >= 15 is 0 Å². The van der Waals surface area contributed by atoms with Gasteiger partial charge in [-0.25, -0.2) is 14.8 Å². The number of ether oxygens (including phenoxy) is 3. The molecule has 4 aromatic rings. The van der Waals surface area contributed by atoms with Gasteiger partial charge in [0.15, 0.2) is 17.2 Å². The van der Waals surface area contributed by atoms with E-state index in [0.717, 1.165) is 9.99 Å². The molecule has 5 rings (SSSR count). The Balaban J connectivity index is 1.61. The molecule has 0 saturated heterocycles. The first-order chi connectivity index (χ1) is 13.6. The lowest BCUT2D eigenvalue weighted by molar-refractivity contribution is 0.0735. The third-order valence-electron chi connectivity index (χ3n) is 4.29. The van der Waals surface area contributed by atoms with E-state index in [1.54, 1.807) is 24.3 Å². The van der Waals surface area contributed by atoms with Crippen molar-refractivity contribution in [2.75, 3.05) is 6.79 Å². The first-order valence-electron chi connectivity index (χ1n) is 8.26. The summed E-state index contributed by atoms with van der Waals surface area (Å²) in [6.07, 6.45) is 0. The second kappa shape index (κ2) is 6.72. The maximum absolute atomic E-state index is 12.8. The van der Waals surface area contributed by atoms with E-state index < -0.39 is 5.97 Å². The van der Waals surface area contributed by atoms with Crippen molar-refractivity contribution < 1.29 is 19.0 Å². The van der Waals surface area contributed by atoms with Gasteiger partial charge in [-0.1, -0.05) is 12.1 Å². The molecule has 0 spiro atoms. The summed E-state index contributed by atoms with van der Waals surface area (Å²) in [5.74, 6) is 0.890. The van der Waals surface area contributed by atoms with Gasteiger partial charge >= 0.3 is 5.97 Å². The molecular weight excluding hydrogens is 492 g/mol. The molecule has 1 aromatic heterocycles. The zero-order valence-corrected chi connectivity index (χ0v) is 17.3. The maximum Gasteiger partial charge on any atom is 0.343 e. The highest BCUT2D eigenvalue weighted by Gasteiger charge is 2.21. The molecule has 0 bridgehead atoms. The molecule has 0 fully saturated rings. The van der Waals surface area contributed by atoms with E-state index in [1.807, 2.05) is 24.3 Å². The number of benzene rings is 3. The number of rotatable bonds is 2. The Morgan fingerprint density at radius 1 is 0.893 bits per heavy atom. The first-order valence-corrected chi connectivity index (χ1v) is 9.85. The topological polar surface area (TPSA) is 70.5 Å². The van der Waals surface area contributed by atoms with E-state index in [0.29, 0.717) is 43.8 Å². The van der Waals surface area contributed by atoms with Gasteiger partial charge in [0.25, 0.3) is 0 Å². The van der Waals surface area contributed by atoms with Crippen molar-refractivity contribution in [3.05, 3.63) is 63.0 Å². The monoisotopic (exact) mass is 500 g/mol. The third-order valence-corrected chi connectivity index (χ3v) is 5.48. The normalized spacial score (nSPS) is 12.5. The van der Waals surface area contributed by atoms with Crippen LogP contribution in [0.25, 0.3) is 22.1 Å². The van der Waals surface area contributed by atoms with Crippen LogP contribution in [0.5, 0.6) is 17.2 Å². The zero-order chi connectivity index (χ0) is 19.3. The second-order valence-electron chi connectivity index (χ2n) is 6.04. The van der Waals surface area contributed by atoms with E-state index in [2.05, 4.69) is 41.8 Å². The van der Waals surface area contributed by atoms with Crippen LogP contribution in [0.2, 0.25) is 0 Å². The lowest BCUT2D eigenvalue weighted by atomic mass is 10.2. The molecule has 138 valence electrons. The summed E-state index contributed by atoms with van der Waals surface area (Å²) in [4.78, 5) is 22.1. The van der Waals surface area contributed by atoms with Crippen LogP contribution in [0.4, 0.5) is 0 Å². The predicted molar refractivity (Wildman–Crippen MR) is 110 cm³/mol. The van der Waals surface area contributed by atoms with Gasteiger partial charge in [-0.15, -0.1) is 0 Å². The molecule has 0 unspecified atom stereocenters. The van der Waals surface area contributed by atoms with Crippen molar-refractivity contribution >= 4 is 59.9 Å². The van der Waals surface area contributed by atoms with Crippen LogP contribution in [-0.2, 0) is 0 Å². The quantitative estimate of drug-likeness (QED) is 0.212. The number of esters is 1. The SMILES string of the molecule is O=C(Oc1c(Br)cc(Br)c2nc3ccccc3nc12)c1ccc2c(c1)OCO2. The van der Waals surface area contributed by atoms with Crippen molar-refractivity contribution in [3.63, 3.8) is 0 Å². The van der Waals surface area contributed by atoms with Gasteiger partial charge in [0.05, 0.1) is 21.1 Å². The fourth-order valence-corrected chi connectivity index (χ4v) is 4.27. The number of halogens is 2. The Labute approximate surface area is 175 Å². The molecular formula is C20H10Br2N2O4. The maximum atomic E-state index is 12.8. The summed E-state index contributed by atoms with van der Waals surface area (Å²) in [6.45, 7) is 0.138. The summed E-state index contributed by atoms with van der Waals surface area (Å²) in [5, 5.41) is 0. The second-order valence-corrected chi connectivity index (χ2v) is 7.75. The summed E-state index contributed by atoms with van der Waals surface area (Å²) in [5.41, 5.74) is 2.90. The Kier molecular flexibility index (Phi) is 4.17. The molecule has 2 heterocycles. The molecule has 0 atom stereocenters. The predicted octanol–water partition coefficient (Wildman–Crippen LogP) is 5.26. The van der Waals surface area contributed by atoms with E-state index in [4.69, 9.17) is 14.2 Å². The molecule has 1 aliphatic heterocycles. The van der Waals surface area contributed by atoms with Gasteiger partial charge in [-0.05, 0) is 68.3 Å². The van der Waals surface area contributed by atoms with Crippen molar-refractivity contribution in [3.8, 4) is 17.2 Å². The molecule has 0 N–H and O–H groups in total. The number of carbonyl (C=O) groups excluding carboxylic acids is 1. The van der Waals surface area contributed by atoms with Crippen LogP contribution >= 0.6 is 31.9 Å². The van der Waals surface area contributed by atoms with Gasteiger partial charge < -0.3 is 14.2 Å². The lowest BCUT2D eigenvalue weighted by Crippen LogP contribution is -2.10. The average molecular weight is 502 g/mol. The summed E-state index contributed by atoms with van der Waals surface area (Å²) in [6, 6.07) is 14.2. The van der Waals surface area contributed by atoms with Crippen LogP contribution in [0.1, 0.15) is 10.4 Å². The molecule has 3 aromatic carbocycles. The van der Waals surface area contributed by atoms with Gasteiger partial charge in [0.2, 0.25) is 6.79 Å². The minimum Gasteiger partial charge on any atom is -0.454 e. The van der Waals surface area contributed by atoms with Crippen molar-refractivity contribution in [1.82, 2.24) is 9.97 Å². The van der Waals surface area contributed by atoms with Crippen LogP contribution in [-0.4, -0.2) is 22.7 Å². The molecule has 1 aliphatic rings. The van der Waals surface area contributed by atoms with Crippen LogP contribution in [0.3, 0.4) is 0 Å². The number of aromatic nitrogens is 2. The molecule has 6 nitrogen and oxygen atoms in total. The average Bonchev–Trinajstić information content (AvgIpc) is 3.17. The zero-order valence-electron chi connectivity index (χ0n) is 14.1. The molecule has 8 heteroatoms. The highest BCUT2D eigenvalue weighted by atomic mass is 79.9. The Hall–Kier alpha value is -2.71. The van der Waals surface area contributed by atoms with E-state index in [1.165, 1.54) is 0 Å². The number of carbonyl (C=O) groups is 1. The molecule has 0 amide bonds. The molecule has 0 radical (unpaired) electrons. The van der Waals surface area contributed by atoms with Crippen LogP contribution in [0.15, 0.2) is 57.5 Å². The smallest absolute Gasteiger partial charge is 0.343 e. The lowest BCUT2D eigenvalue weighted by Gasteiger charge is -2.11.